The second-order valence-electron chi connectivity index (χ2n) is 4.14. The molecule has 0 fully saturated rings. The minimum absolute atomic E-state index is 0.114. The van der Waals surface area contributed by atoms with Crippen LogP contribution in [-0.4, -0.2) is 22.5 Å². The third kappa shape index (κ3) is 2.59. The molecule has 4 nitrogen and oxygen atoms in total. The summed E-state index contributed by atoms with van der Waals surface area (Å²) in [6.07, 6.45) is 1.56. The average molecular weight is 244 g/mol. The highest BCUT2D eigenvalue weighted by molar-refractivity contribution is 5.92. The van der Waals surface area contributed by atoms with Crippen LogP contribution >= 0.6 is 0 Å². The summed E-state index contributed by atoms with van der Waals surface area (Å²) >= 11 is 0. The maximum Gasteiger partial charge on any atom is 0.293 e. The van der Waals surface area contributed by atoms with Crippen LogP contribution in [-0.2, 0) is 6.54 Å². The minimum atomic E-state index is -0.114. The van der Waals surface area contributed by atoms with Gasteiger partial charge < -0.3 is 9.42 Å². The van der Waals surface area contributed by atoms with Crippen LogP contribution in [0.3, 0.4) is 0 Å². The lowest BCUT2D eigenvalue weighted by Gasteiger charge is -2.19. The van der Waals surface area contributed by atoms with Crippen LogP contribution in [0.1, 0.15) is 28.6 Å². The smallest absolute Gasteiger partial charge is 0.293 e. The molecule has 2 aromatic rings. The molecule has 0 unspecified atom stereocenters. The maximum atomic E-state index is 12.3. The van der Waals surface area contributed by atoms with Crippen molar-refractivity contribution >= 4 is 5.91 Å². The lowest BCUT2D eigenvalue weighted by Crippen LogP contribution is -2.30. The SMILES string of the molecule is CCN(Cc1ccccc1)C(=O)c1oncc1C. The van der Waals surface area contributed by atoms with Crippen LogP contribution in [0.4, 0.5) is 0 Å². The fourth-order valence-electron chi connectivity index (χ4n) is 1.77. The number of benzene rings is 1. The maximum absolute atomic E-state index is 12.3. The van der Waals surface area contributed by atoms with E-state index in [0.29, 0.717) is 18.8 Å². The first-order valence-electron chi connectivity index (χ1n) is 5.97. The number of hydrogen-bond acceptors (Lipinski definition) is 3. The van der Waals surface area contributed by atoms with Crippen molar-refractivity contribution in [3.63, 3.8) is 0 Å². The summed E-state index contributed by atoms with van der Waals surface area (Å²) in [5.41, 5.74) is 1.87. The van der Waals surface area contributed by atoms with E-state index >= 15 is 0 Å². The van der Waals surface area contributed by atoms with Gasteiger partial charge in [-0.15, -0.1) is 0 Å². The predicted molar refractivity (Wildman–Crippen MR) is 68.1 cm³/mol. The Kier molecular flexibility index (Phi) is 3.77. The van der Waals surface area contributed by atoms with E-state index < -0.39 is 0 Å². The van der Waals surface area contributed by atoms with E-state index in [9.17, 15) is 4.79 Å². The minimum Gasteiger partial charge on any atom is -0.351 e. The largest absolute Gasteiger partial charge is 0.351 e. The Balaban J connectivity index is 2.15. The molecule has 18 heavy (non-hydrogen) atoms. The van der Waals surface area contributed by atoms with Crippen molar-refractivity contribution in [2.45, 2.75) is 20.4 Å². The molecule has 1 heterocycles. The van der Waals surface area contributed by atoms with Crippen LogP contribution in [0.5, 0.6) is 0 Å². The molecule has 1 aromatic carbocycles. The van der Waals surface area contributed by atoms with Gasteiger partial charge in [-0.1, -0.05) is 35.5 Å². The van der Waals surface area contributed by atoms with Gasteiger partial charge in [-0.2, -0.15) is 0 Å². The predicted octanol–water partition coefficient (Wildman–Crippen LogP) is 2.65. The van der Waals surface area contributed by atoms with Gasteiger partial charge in [0.15, 0.2) is 0 Å². The van der Waals surface area contributed by atoms with Crippen molar-refractivity contribution in [3.8, 4) is 0 Å². The summed E-state index contributed by atoms with van der Waals surface area (Å²) < 4.78 is 5.01. The molecule has 0 N–H and O–H groups in total. The second-order valence-corrected chi connectivity index (χ2v) is 4.14. The lowest BCUT2D eigenvalue weighted by molar-refractivity contribution is 0.0709. The highest BCUT2D eigenvalue weighted by Gasteiger charge is 2.20. The Bertz CT molecular complexity index is 520. The summed E-state index contributed by atoms with van der Waals surface area (Å²) in [5, 5.41) is 3.64. The number of carbonyl (C=O) groups excluding carboxylic acids is 1. The molecular weight excluding hydrogens is 228 g/mol. The summed E-state index contributed by atoms with van der Waals surface area (Å²) in [4.78, 5) is 14.0. The molecule has 94 valence electrons. The van der Waals surface area contributed by atoms with Crippen molar-refractivity contribution in [2.75, 3.05) is 6.54 Å². The fraction of sp³-hybridized carbons (Fsp3) is 0.286. The van der Waals surface area contributed by atoms with Crippen molar-refractivity contribution in [1.82, 2.24) is 10.1 Å². The normalized spacial score (nSPS) is 10.3. The highest BCUT2D eigenvalue weighted by atomic mass is 16.5. The zero-order chi connectivity index (χ0) is 13.0. The standard InChI is InChI=1S/C14H16N2O2/c1-3-16(10-12-7-5-4-6-8-12)14(17)13-11(2)9-15-18-13/h4-9H,3,10H2,1-2H3. The molecular formula is C14H16N2O2. The van der Waals surface area contributed by atoms with Gasteiger partial charge in [0, 0.05) is 18.7 Å². The van der Waals surface area contributed by atoms with Gasteiger partial charge in [-0.3, -0.25) is 4.79 Å². The number of carbonyl (C=O) groups is 1. The number of aromatic nitrogens is 1. The third-order valence-electron chi connectivity index (χ3n) is 2.83. The second kappa shape index (κ2) is 5.49. The molecule has 4 heteroatoms. The van der Waals surface area contributed by atoms with Crippen molar-refractivity contribution in [1.29, 1.82) is 0 Å². The van der Waals surface area contributed by atoms with Crippen LogP contribution in [0.2, 0.25) is 0 Å². The van der Waals surface area contributed by atoms with E-state index in [4.69, 9.17) is 4.52 Å². The Morgan fingerprint density at radius 3 is 2.61 bits per heavy atom. The number of nitrogens with zero attached hydrogens (tertiary/aromatic N) is 2. The molecule has 2 rings (SSSR count). The average Bonchev–Trinajstić information content (AvgIpc) is 2.82. The topological polar surface area (TPSA) is 46.3 Å². The lowest BCUT2D eigenvalue weighted by atomic mass is 10.2. The van der Waals surface area contributed by atoms with Gasteiger partial charge in [-0.25, -0.2) is 0 Å². The molecule has 0 saturated carbocycles. The van der Waals surface area contributed by atoms with Gasteiger partial charge in [0.1, 0.15) is 0 Å². The molecule has 1 amide bonds. The fourth-order valence-corrected chi connectivity index (χ4v) is 1.77. The number of hydrogen-bond donors (Lipinski definition) is 0. The van der Waals surface area contributed by atoms with Gasteiger partial charge in [0.05, 0.1) is 6.20 Å². The van der Waals surface area contributed by atoms with Crippen LogP contribution in [0.25, 0.3) is 0 Å². The summed E-state index contributed by atoms with van der Waals surface area (Å²) in [6, 6.07) is 9.90. The molecule has 0 aliphatic heterocycles. The molecule has 1 aromatic heterocycles. The van der Waals surface area contributed by atoms with E-state index in [2.05, 4.69) is 5.16 Å². The Morgan fingerprint density at radius 1 is 1.33 bits per heavy atom. The van der Waals surface area contributed by atoms with Gasteiger partial charge in [-0.05, 0) is 19.4 Å². The molecule has 0 saturated heterocycles. The molecule has 0 radical (unpaired) electrons. The summed E-state index contributed by atoms with van der Waals surface area (Å²) in [5.74, 6) is 0.212. The number of amides is 1. The zero-order valence-corrected chi connectivity index (χ0v) is 10.6. The van der Waals surface area contributed by atoms with E-state index in [1.807, 2.05) is 44.2 Å². The van der Waals surface area contributed by atoms with E-state index in [0.717, 1.165) is 11.1 Å². The zero-order valence-electron chi connectivity index (χ0n) is 10.6. The van der Waals surface area contributed by atoms with E-state index in [-0.39, 0.29) is 5.91 Å². The van der Waals surface area contributed by atoms with Crippen molar-refractivity contribution in [2.24, 2.45) is 0 Å². The quantitative estimate of drug-likeness (QED) is 0.830. The first-order valence-corrected chi connectivity index (χ1v) is 5.97. The summed E-state index contributed by atoms with van der Waals surface area (Å²) in [7, 11) is 0. The van der Waals surface area contributed by atoms with Gasteiger partial charge >= 0.3 is 0 Å². The van der Waals surface area contributed by atoms with Crippen LogP contribution in [0, 0.1) is 6.92 Å². The third-order valence-corrected chi connectivity index (χ3v) is 2.83. The van der Waals surface area contributed by atoms with Gasteiger partial charge in [0.25, 0.3) is 5.91 Å². The molecule has 0 bridgehead atoms. The summed E-state index contributed by atoms with van der Waals surface area (Å²) in [6.45, 7) is 4.98. The molecule has 0 atom stereocenters. The van der Waals surface area contributed by atoms with Crippen molar-refractivity contribution in [3.05, 3.63) is 53.4 Å². The van der Waals surface area contributed by atoms with Crippen LogP contribution in [0.15, 0.2) is 41.1 Å². The van der Waals surface area contributed by atoms with E-state index in [1.54, 1.807) is 11.1 Å². The van der Waals surface area contributed by atoms with Crippen molar-refractivity contribution < 1.29 is 9.32 Å². The Labute approximate surface area is 106 Å². The Hall–Kier alpha value is -2.10. The highest BCUT2D eigenvalue weighted by Crippen LogP contribution is 2.12. The monoisotopic (exact) mass is 244 g/mol. The van der Waals surface area contributed by atoms with Gasteiger partial charge in [0.2, 0.25) is 5.76 Å². The molecule has 0 spiro atoms. The molecule has 0 aliphatic rings. The first-order chi connectivity index (χ1) is 8.72. The number of aryl methyl sites for hydroxylation is 1. The first kappa shape index (κ1) is 12.4. The van der Waals surface area contributed by atoms with Crippen LogP contribution < -0.4 is 0 Å². The molecule has 0 aliphatic carbocycles. The Morgan fingerprint density at radius 2 is 2.06 bits per heavy atom. The number of rotatable bonds is 4. The van der Waals surface area contributed by atoms with E-state index in [1.165, 1.54) is 0 Å².